The molecule has 0 amide bonds. The zero-order valence-corrected chi connectivity index (χ0v) is 6.59. The molecule has 12 heavy (non-hydrogen) atoms. The average molecular weight is 173 g/mol. The maximum absolute atomic E-state index is 12.9. The molecule has 1 rings (SSSR count). The van der Waals surface area contributed by atoms with Crippen LogP contribution in [0.2, 0.25) is 0 Å². The van der Waals surface area contributed by atoms with E-state index in [-0.39, 0.29) is 11.3 Å². The SMILES string of the molecule is Cc1ncccc1C(F)(F)CO. The molecule has 0 aromatic carbocycles. The smallest absolute Gasteiger partial charge is 0.297 e. The fourth-order valence-corrected chi connectivity index (χ4v) is 0.956. The molecule has 0 atom stereocenters. The van der Waals surface area contributed by atoms with Crippen molar-refractivity contribution in [3.8, 4) is 0 Å². The largest absolute Gasteiger partial charge is 0.390 e. The van der Waals surface area contributed by atoms with Crippen LogP contribution in [0.5, 0.6) is 0 Å². The summed E-state index contributed by atoms with van der Waals surface area (Å²) < 4.78 is 25.7. The van der Waals surface area contributed by atoms with E-state index in [1.54, 1.807) is 0 Å². The molecule has 0 fully saturated rings. The first-order chi connectivity index (χ1) is 5.58. The molecule has 2 nitrogen and oxygen atoms in total. The monoisotopic (exact) mass is 173 g/mol. The van der Waals surface area contributed by atoms with Gasteiger partial charge in [-0.1, -0.05) is 0 Å². The van der Waals surface area contributed by atoms with Gasteiger partial charge in [0.25, 0.3) is 5.92 Å². The lowest BCUT2D eigenvalue weighted by Crippen LogP contribution is -2.20. The van der Waals surface area contributed by atoms with Gasteiger partial charge in [0.05, 0.1) is 0 Å². The van der Waals surface area contributed by atoms with Crippen molar-refractivity contribution in [1.82, 2.24) is 4.98 Å². The molecule has 0 aliphatic rings. The molecule has 0 aliphatic heterocycles. The Hall–Kier alpha value is -1.03. The highest BCUT2D eigenvalue weighted by molar-refractivity contribution is 5.23. The minimum atomic E-state index is -3.18. The molecule has 0 unspecified atom stereocenters. The minimum absolute atomic E-state index is 0.215. The number of aliphatic hydroxyl groups is 1. The zero-order valence-electron chi connectivity index (χ0n) is 6.59. The van der Waals surface area contributed by atoms with Crippen molar-refractivity contribution in [3.05, 3.63) is 29.6 Å². The summed E-state index contributed by atoms with van der Waals surface area (Å²) >= 11 is 0. The van der Waals surface area contributed by atoms with Crippen molar-refractivity contribution in [1.29, 1.82) is 0 Å². The highest BCUT2D eigenvalue weighted by Gasteiger charge is 2.32. The summed E-state index contributed by atoms with van der Waals surface area (Å²) in [4.78, 5) is 3.70. The second-order valence-electron chi connectivity index (χ2n) is 2.50. The maximum Gasteiger partial charge on any atom is 0.297 e. The van der Waals surface area contributed by atoms with Crippen LogP contribution in [-0.4, -0.2) is 16.7 Å². The van der Waals surface area contributed by atoms with Crippen LogP contribution >= 0.6 is 0 Å². The van der Waals surface area contributed by atoms with Gasteiger partial charge in [-0.25, -0.2) is 0 Å². The van der Waals surface area contributed by atoms with E-state index in [9.17, 15) is 8.78 Å². The van der Waals surface area contributed by atoms with Crippen LogP contribution in [0.1, 0.15) is 11.3 Å². The van der Waals surface area contributed by atoms with Gasteiger partial charge in [-0.05, 0) is 19.1 Å². The van der Waals surface area contributed by atoms with E-state index in [4.69, 9.17) is 5.11 Å². The number of aromatic nitrogens is 1. The number of pyridine rings is 1. The Morgan fingerprint density at radius 3 is 2.75 bits per heavy atom. The number of halogens is 2. The van der Waals surface area contributed by atoms with Crippen molar-refractivity contribution >= 4 is 0 Å². The third-order valence-electron chi connectivity index (χ3n) is 1.60. The van der Waals surface area contributed by atoms with Gasteiger partial charge in [-0.3, -0.25) is 4.98 Å². The first kappa shape index (κ1) is 9.06. The van der Waals surface area contributed by atoms with Gasteiger partial charge >= 0.3 is 0 Å². The third-order valence-corrected chi connectivity index (χ3v) is 1.60. The standard InChI is InChI=1S/C8H9F2NO/c1-6-7(3-2-4-11-6)8(9,10)5-12/h2-4,12H,5H2,1H3. The topological polar surface area (TPSA) is 33.1 Å². The van der Waals surface area contributed by atoms with Gasteiger partial charge < -0.3 is 5.11 Å². The average Bonchev–Trinajstić information content (AvgIpc) is 2.05. The van der Waals surface area contributed by atoms with Crippen LogP contribution in [0, 0.1) is 6.92 Å². The lowest BCUT2D eigenvalue weighted by atomic mass is 10.1. The highest BCUT2D eigenvalue weighted by atomic mass is 19.3. The summed E-state index contributed by atoms with van der Waals surface area (Å²) in [5, 5.41) is 8.39. The minimum Gasteiger partial charge on any atom is -0.390 e. The van der Waals surface area contributed by atoms with E-state index in [2.05, 4.69) is 4.98 Å². The number of hydrogen-bond donors (Lipinski definition) is 1. The van der Waals surface area contributed by atoms with Gasteiger partial charge in [0, 0.05) is 17.5 Å². The molecule has 0 saturated carbocycles. The predicted octanol–water partition coefficient (Wildman–Crippen LogP) is 1.47. The van der Waals surface area contributed by atoms with E-state index in [0.717, 1.165) is 0 Å². The number of hydrogen-bond acceptors (Lipinski definition) is 2. The molecule has 66 valence electrons. The number of rotatable bonds is 2. The Morgan fingerprint density at radius 1 is 1.58 bits per heavy atom. The number of nitrogens with zero attached hydrogens (tertiary/aromatic N) is 1. The van der Waals surface area contributed by atoms with E-state index in [0.29, 0.717) is 0 Å². The highest BCUT2D eigenvalue weighted by Crippen LogP contribution is 2.28. The van der Waals surface area contributed by atoms with Crippen molar-refractivity contribution in [2.75, 3.05) is 6.61 Å². The summed E-state index contributed by atoms with van der Waals surface area (Å²) in [5.41, 5.74) is 0.0315. The Bertz CT molecular complexity index is 276. The van der Waals surface area contributed by atoms with Gasteiger partial charge in [-0.15, -0.1) is 0 Å². The van der Waals surface area contributed by atoms with Crippen LogP contribution in [0.15, 0.2) is 18.3 Å². The lowest BCUT2D eigenvalue weighted by Gasteiger charge is -2.14. The van der Waals surface area contributed by atoms with Gasteiger partial charge in [0.15, 0.2) is 0 Å². The summed E-state index contributed by atoms with van der Waals surface area (Å²) in [6.07, 6.45) is 1.44. The molecule has 0 bridgehead atoms. The normalized spacial score (nSPS) is 11.7. The molecule has 4 heteroatoms. The Morgan fingerprint density at radius 2 is 2.25 bits per heavy atom. The van der Waals surface area contributed by atoms with Crippen molar-refractivity contribution in [2.24, 2.45) is 0 Å². The molecule has 1 N–H and O–H groups in total. The van der Waals surface area contributed by atoms with Gasteiger partial charge in [0.1, 0.15) is 6.61 Å². The molecule has 0 aliphatic carbocycles. The van der Waals surface area contributed by atoms with Crippen molar-refractivity contribution < 1.29 is 13.9 Å². The maximum atomic E-state index is 12.9. The fourth-order valence-electron chi connectivity index (χ4n) is 0.956. The Kier molecular flexibility index (Phi) is 2.38. The van der Waals surface area contributed by atoms with Crippen LogP contribution in [0.3, 0.4) is 0 Å². The molecular weight excluding hydrogens is 164 g/mol. The van der Waals surface area contributed by atoms with E-state index >= 15 is 0 Å². The molecule has 0 spiro atoms. The number of aryl methyl sites for hydroxylation is 1. The summed E-state index contributed by atoms with van der Waals surface area (Å²) in [6, 6.07) is 2.68. The molecule has 0 saturated heterocycles. The van der Waals surface area contributed by atoms with E-state index in [1.165, 1.54) is 25.3 Å². The molecule has 1 aromatic rings. The predicted molar refractivity (Wildman–Crippen MR) is 40.0 cm³/mol. The molecule has 0 radical (unpaired) electrons. The van der Waals surface area contributed by atoms with E-state index in [1.807, 2.05) is 0 Å². The van der Waals surface area contributed by atoms with Gasteiger partial charge in [0.2, 0.25) is 0 Å². The molecular formula is C8H9F2NO. The van der Waals surface area contributed by atoms with Gasteiger partial charge in [-0.2, -0.15) is 8.78 Å². The fraction of sp³-hybridized carbons (Fsp3) is 0.375. The second kappa shape index (κ2) is 3.15. The summed E-state index contributed by atoms with van der Waals surface area (Å²) in [6.45, 7) is 0.304. The first-order valence-corrected chi connectivity index (χ1v) is 3.48. The van der Waals surface area contributed by atoms with Crippen LogP contribution in [0.25, 0.3) is 0 Å². The lowest BCUT2D eigenvalue weighted by molar-refractivity contribution is -0.0564. The first-order valence-electron chi connectivity index (χ1n) is 3.48. The summed E-state index contributed by atoms with van der Waals surface area (Å²) in [7, 11) is 0. The quantitative estimate of drug-likeness (QED) is 0.734. The second-order valence-corrected chi connectivity index (χ2v) is 2.50. The number of aliphatic hydroxyl groups excluding tert-OH is 1. The van der Waals surface area contributed by atoms with Crippen molar-refractivity contribution in [2.45, 2.75) is 12.8 Å². The number of alkyl halides is 2. The Labute approximate surface area is 68.9 Å². The van der Waals surface area contributed by atoms with Crippen LogP contribution < -0.4 is 0 Å². The van der Waals surface area contributed by atoms with Crippen LogP contribution in [0.4, 0.5) is 8.78 Å². The zero-order chi connectivity index (χ0) is 9.19. The third kappa shape index (κ3) is 1.58. The van der Waals surface area contributed by atoms with E-state index < -0.39 is 12.5 Å². The Balaban J connectivity index is 3.10. The molecule has 1 aromatic heterocycles. The van der Waals surface area contributed by atoms with Crippen molar-refractivity contribution in [3.63, 3.8) is 0 Å². The van der Waals surface area contributed by atoms with Crippen LogP contribution in [-0.2, 0) is 5.92 Å². The molecule has 1 heterocycles. The summed E-state index contributed by atoms with van der Waals surface area (Å²) in [5.74, 6) is -3.18.